The van der Waals surface area contributed by atoms with Crippen LogP contribution in [0.15, 0.2) is 54.6 Å². The van der Waals surface area contributed by atoms with Crippen LogP contribution in [0.3, 0.4) is 0 Å². The van der Waals surface area contributed by atoms with Crippen molar-refractivity contribution in [1.29, 1.82) is 0 Å². The molecule has 0 N–H and O–H groups in total. The van der Waals surface area contributed by atoms with Gasteiger partial charge in [-0.3, -0.25) is 0 Å². The van der Waals surface area contributed by atoms with Crippen molar-refractivity contribution in [3.05, 3.63) is 71.3 Å². The third-order valence-electron chi connectivity index (χ3n) is 3.61. The smallest absolute Gasteiger partial charge is 0.0429 e. The van der Waals surface area contributed by atoms with Gasteiger partial charge in [0.1, 0.15) is 0 Å². The Balaban J connectivity index is 1.81. The van der Waals surface area contributed by atoms with Crippen LogP contribution in [0.2, 0.25) is 0 Å². The van der Waals surface area contributed by atoms with Crippen molar-refractivity contribution in [3.8, 4) is 0 Å². The molecule has 0 aliphatic heterocycles. The summed E-state index contributed by atoms with van der Waals surface area (Å²) in [6, 6.07) is 19.6. The van der Waals surface area contributed by atoms with Gasteiger partial charge in [0.2, 0.25) is 0 Å². The first-order valence-electron chi connectivity index (χ1n) is 6.10. The molecule has 0 saturated carbocycles. The number of benzene rings is 2. The van der Waals surface area contributed by atoms with Crippen LogP contribution in [0, 0.1) is 5.92 Å². The summed E-state index contributed by atoms with van der Waals surface area (Å²) in [5.41, 5.74) is 4.45. The van der Waals surface area contributed by atoms with Crippen molar-refractivity contribution in [2.24, 2.45) is 5.92 Å². The van der Waals surface area contributed by atoms with E-state index in [0.717, 1.165) is 0 Å². The van der Waals surface area contributed by atoms with E-state index in [4.69, 9.17) is 0 Å². The Morgan fingerprint density at radius 1 is 0.824 bits per heavy atom. The fraction of sp³-hybridized carbons (Fsp3) is 0.250. The van der Waals surface area contributed by atoms with Gasteiger partial charge in [0.15, 0.2) is 0 Å². The van der Waals surface area contributed by atoms with Crippen molar-refractivity contribution >= 4 is 15.9 Å². The lowest BCUT2D eigenvalue weighted by Gasteiger charge is -2.17. The minimum atomic E-state index is 0.469. The Labute approximate surface area is 111 Å². The molecule has 0 bridgehead atoms. The quantitative estimate of drug-likeness (QED) is 0.711. The number of rotatable bonds is 2. The first-order chi connectivity index (χ1) is 8.34. The number of hydrogen-bond acceptors (Lipinski definition) is 0. The highest BCUT2D eigenvalue weighted by atomic mass is 79.9. The van der Waals surface area contributed by atoms with Crippen LogP contribution in [-0.4, -0.2) is 0 Å². The van der Waals surface area contributed by atoms with Gasteiger partial charge in [0.25, 0.3) is 0 Å². The van der Waals surface area contributed by atoms with Crippen LogP contribution in [0.5, 0.6) is 0 Å². The zero-order valence-corrected chi connectivity index (χ0v) is 11.2. The molecule has 2 aromatic carbocycles. The first-order valence-corrected chi connectivity index (χ1v) is 7.02. The van der Waals surface area contributed by atoms with Crippen LogP contribution in [0.4, 0.5) is 0 Å². The first kappa shape index (κ1) is 11.0. The maximum atomic E-state index is 3.87. The van der Waals surface area contributed by atoms with E-state index in [-0.39, 0.29) is 0 Å². The average Bonchev–Trinajstić information content (AvgIpc) is 2.82. The van der Waals surface area contributed by atoms with Gasteiger partial charge in [-0.15, -0.1) is 0 Å². The molecule has 1 heteroatoms. The average molecular weight is 287 g/mol. The monoisotopic (exact) mass is 286 g/mol. The largest absolute Gasteiger partial charge is 0.0835 e. The second-order valence-electron chi connectivity index (χ2n) is 4.75. The van der Waals surface area contributed by atoms with Crippen LogP contribution in [-0.2, 0) is 12.8 Å². The van der Waals surface area contributed by atoms with Crippen LogP contribution >= 0.6 is 15.9 Å². The summed E-state index contributed by atoms with van der Waals surface area (Å²) < 4.78 is 0. The lowest BCUT2D eigenvalue weighted by atomic mass is 9.96. The zero-order chi connectivity index (χ0) is 11.7. The molecule has 0 aromatic heterocycles. The highest BCUT2D eigenvalue weighted by Gasteiger charge is 2.27. The Bertz CT molecular complexity index is 479. The van der Waals surface area contributed by atoms with Crippen molar-refractivity contribution in [1.82, 2.24) is 0 Å². The number of alkyl halides is 1. The standard InChI is InChI=1S/C16H15Br/c17-16(12-6-2-1-3-7-12)15-10-13-8-4-5-9-14(13)11-15/h1-9,15-16H,10-11H2. The van der Waals surface area contributed by atoms with Gasteiger partial charge in [-0.2, -0.15) is 0 Å². The summed E-state index contributed by atoms with van der Waals surface area (Å²) in [6.07, 6.45) is 2.39. The Morgan fingerprint density at radius 2 is 1.35 bits per heavy atom. The van der Waals surface area contributed by atoms with E-state index in [1.54, 1.807) is 0 Å². The Morgan fingerprint density at radius 3 is 1.94 bits per heavy atom. The van der Waals surface area contributed by atoms with Gasteiger partial charge in [-0.05, 0) is 35.4 Å². The molecule has 3 rings (SSSR count). The van der Waals surface area contributed by atoms with E-state index < -0.39 is 0 Å². The number of fused-ring (bicyclic) bond motifs is 1. The highest BCUT2D eigenvalue weighted by Crippen LogP contribution is 2.40. The van der Waals surface area contributed by atoms with Crippen molar-refractivity contribution in [2.75, 3.05) is 0 Å². The third-order valence-corrected chi connectivity index (χ3v) is 4.89. The number of hydrogen-bond donors (Lipinski definition) is 0. The lowest BCUT2D eigenvalue weighted by molar-refractivity contribution is 0.554. The molecule has 1 aliphatic rings. The molecule has 1 atom stereocenters. The molecule has 0 spiro atoms. The maximum absolute atomic E-state index is 3.87. The van der Waals surface area contributed by atoms with Gasteiger partial charge in [0, 0.05) is 4.83 Å². The van der Waals surface area contributed by atoms with E-state index in [9.17, 15) is 0 Å². The molecule has 0 saturated heterocycles. The predicted molar refractivity (Wildman–Crippen MR) is 75.5 cm³/mol. The van der Waals surface area contributed by atoms with Gasteiger partial charge >= 0.3 is 0 Å². The Hall–Kier alpha value is -1.08. The molecule has 0 radical (unpaired) electrons. The van der Waals surface area contributed by atoms with E-state index in [2.05, 4.69) is 70.5 Å². The SMILES string of the molecule is BrC(c1ccccc1)C1Cc2ccccc2C1. The van der Waals surface area contributed by atoms with E-state index in [1.165, 1.54) is 29.5 Å². The molecule has 17 heavy (non-hydrogen) atoms. The molecule has 1 aliphatic carbocycles. The minimum absolute atomic E-state index is 0.469. The summed E-state index contributed by atoms with van der Waals surface area (Å²) in [5.74, 6) is 0.690. The fourth-order valence-electron chi connectivity index (χ4n) is 2.71. The summed E-state index contributed by atoms with van der Waals surface area (Å²) in [6.45, 7) is 0. The van der Waals surface area contributed by atoms with E-state index in [1.807, 2.05) is 0 Å². The second kappa shape index (κ2) is 4.66. The molecule has 0 fully saturated rings. The van der Waals surface area contributed by atoms with Crippen LogP contribution in [0.25, 0.3) is 0 Å². The normalized spacial score (nSPS) is 16.8. The van der Waals surface area contributed by atoms with Gasteiger partial charge < -0.3 is 0 Å². The fourth-order valence-corrected chi connectivity index (χ4v) is 3.39. The van der Waals surface area contributed by atoms with Crippen molar-refractivity contribution < 1.29 is 0 Å². The summed E-state index contributed by atoms with van der Waals surface area (Å²) in [4.78, 5) is 0.469. The molecule has 86 valence electrons. The maximum Gasteiger partial charge on any atom is 0.0429 e. The molecule has 0 nitrogen and oxygen atoms in total. The third kappa shape index (κ3) is 2.16. The zero-order valence-electron chi connectivity index (χ0n) is 9.64. The molecule has 0 heterocycles. The number of halogens is 1. The van der Waals surface area contributed by atoms with Crippen LogP contribution in [0.1, 0.15) is 21.5 Å². The lowest BCUT2D eigenvalue weighted by Crippen LogP contribution is -2.07. The summed E-state index contributed by atoms with van der Waals surface area (Å²) >= 11 is 3.87. The topological polar surface area (TPSA) is 0 Å². The molecule has 2 aromatic rings. The van der Waals surface area contributed by atoms with Gasteiger partial charge in [0.05, 0.1) is 0 Å². The van der Waals surface area contributed by atoms with E-state index >= 15 is 0 Å². The summed E-state index contributed by atoms with van der Waals surface area (Å²) in [7, 11) is 0. The molecule has 1 unspecified atom stereocenters. The van der Waals surface area contributed by atoms with Crippen molar-refractivity contribution in [2.45, 2.75) is 17.7 Å². The molecular weight excluding hydrogens is 272 g/mol. The van der Waals surface area contributed by atoms with Gasteiger partial charge in [-0.1, -0.05) is 70.5 Å². The molecule has 0 amide bonds. The van der Waals surface area contributed by atoms with Crippen LogP contribution < -0.4 is 0 Å². The Kier molecular flexibility index (Phi) is 3.02. The predicted octanol–water partition coefficient (Wildman–Crippen LogP) is 4.54. The van der Waals surface area contributed by atoms with E-state index in [0.29, 0.717) is 10.7 Å². The van der Waals surface area contributed by atoms with Crippen molar-refractivity contribution in [3.63, 3.8) is 0 Å². The summed E-state index contributed by atoms with van der Waals surface area (Å²) in [5, 5.41) is 0. The minimum Gasteiger partial charge on any atom is -0.0835 e. The van der Waals surface area contributed by atoms with Gasteiger partial charge in [-0.25, -0.2) is 0 Å². The second-order valence-corrected chi connectivity index (χ2v) is 5.74. The highest BCUT2D eigenvalue weighted by molar-refractivity contribution is 9.09. The molecular formula is C16H15Br.